The smallest absolute Gasteiger partial charge is 0.305 e. The molecule has 0 fully saturated rings. The molecule has 2 rings (SSSR count). The lowest BCUT2D eigenvalue weighted by atomic mass is 10.1. The Morgan fingerprint density at radius 1 is 1.18 bits per heavy atom. The van der Waals surface area contributed by atoms with Crippen molar-refractivity contribution >= 4 is 23.4 Å². The topological polar surface area (TPSA) is 83.4 Å². The number of halogens is 1. The van der Waals surface area contributed by atoms with Crippen molar-refractivity contribution < 1.29 is 14.0 Å². The highest BCUT2D eigenvalue weighted by molar-refractivity contribution is 6.31. The summed E-state index contributed by atoms with van der Waals surface area (Å²) in [7, 11) is 0. The first-order valence-corrected chi connectivity index (χ1v) is 7.06. The predicted octanol–water partition coefficient (Wildman–Crippen LogP) is 2.04. The summed E-state index contributed by atoms with van der Waals surface area (Å²) in [4.78, 5) is 23.2. The molecule has 2 aromatic rings. The van der Waals surface area contributed by atoms with E-state index in [9.17, 15) is 9.59 Å². The van der Waals surface area contributed by atoms with Crippen LogP contribution < -0.4 is 16.2 Å². The van der Waals surface area contributed by atoms with E-state index < -0.39 is 5.91 Å². The maximum Gasteiger partial charge on any atom is 0.305 e. The van der Waals surface area contributed by atoms with Crippen LogP contribution in [0.4, 0.5) is 0 Å². The molecular weight excluding hydrogens is 306 g/mol. The van der Waals surface area contributed by atoms with Crippen LogP contribution in [0.5, 0.6) is 0 Å². The van der Waals surface area contributed by atoms with Crippen LogP contribution in [-0.4, -0.2) is 18.4 Å². The van der Waals surface area contributed by atoms with E-state index in [1.807, 2.05) is 25.1 Å². The van der Waals surface area contributed by atoms with Gasteiger partial charge in [0.15, 0.2) is 5.76 Å². The number of hydrogen-bond acceptors (Lipinski definition) is 4. The van der Waals surface area contributed by atoms with Crippen LogP contribution >= 0.6 is 11.6 Å². The fourth-order valence-electron chi connectivity index (χ4n) is 1.82. The summed E-state index contributed by atoms with van der Waals surface area (Å²) >= 11 is 6.09. The molecule has 2 amide bonds. The molecule has 116 valence electrons. The Morgan fingerprint density at radius 2 is 1.95 bits per heavy atom. The summed E-state index contributed by atoms with van der Waals surface area (Å²) in [5.41, 5.74) is 5.46. The van der Waals surface area contributed by atoms with Crippen molar-refractivity contribution in [3.8, 4) is 0 Å². The minimum Gasteiger partial charge on any atom is -0.459 e. The van der Waals surface area contributed by atoms with E-state index in [-0.39, 0.29) is 24.3 Å². The summed E-state index contributed by atoms with van der Waals surface area (Å²) in [5.74, 6) is -0.769. The number of nitrogens with one attached hydrogen (secondary N) is 3. The molecule has 1 atom stereocenters. The van der Waals surface area contributed by atoms with E-state index in [0.717, 1.165) is 5.56 Å². The van der Waals surface area contributed by atoms with Crippen LogP contribution in [0.3, 0.4) is 0 Å². The first-order chi connectivity index (χ1) is 10.6. The Bertz CT molecular complexity index is 643. The molecule has 0 aliphatic rings. The first-order valence-electron chi connectivity index (χ1n) is 6.68. The van der Waals surface area contributed by atoms with Crippen LogP contribution in [0.15, 0.2) is 47.1 Å². The maximum atomic E-state index is 11.7. The van der Waals surface area contributed by atoms with Gasteiger partial charge in [0.05, 0.1) is 12.8 Å². The number of benzene rings is 1. The lowest BCUT2D eigenvalue weighted by molar-refractivity contribution is -0.121. The molecule has 0 unspecified atom stereocenters. The van der Waals surface area contributed by atoms with Crippen molar-refractivity contribution in [1.29, 1.82) is 0 Å². The van der Waals surface area contributed by atoms with Crippen molar-refractivity contribution in [2.75, 3.05) is 6.54 Å². The molecular formula is C15H16ClN3O3. The summed E-state index contributed by atoms with van der Waals surface area (Å²) in [6.45, 7) is 1.93. The zero-order valence-electron chi connectivity index (χ0n) is 11.9. The number of hydrazine groups is 1. The molecule has 3 N–H and O–H groups in total. The number of hydrogen-bond donors (Lipinski definition) is 3. The van der Waals surface area contributed by atoms with Gasteiger partial charge in [-0.05, 0) is 30.7 Å². The summed E-state index contributed by atoms with van der Waals surface area (Å²) in [6.07, 6.45) is 1.38. The van der Waals surface area contributed by atoms with Gasteiger partial charge >= 0.3 is 5.91 Å². The van der Waals surface area contributed by atoms with Crippen molar-refractivity contribution in [3.05, 3.63) is 59.0 Å². The van der Waals surface area contributed by atoms with Crippen LogP contribution in [-0.2, 0) is 4.79 Å². The standard InChI is InChI=1S/C15H16ClN3O3/c1-10(11-5-2-3-6-12(11)16)17-9-14(20)18-19-15(21)13-7-4-8-22-13/h2-8,10,17H,9H2,1H3,(H,18,20)(H,19,21)/t10-/m1/s1. The van der Waals surface area contributed by atoms with E-state index in [0.29, 0.717) is 5.02 Å². The Kier molecular flexibility index (Phi) is 5.57. The van der Waals surface area contributed by atoms with Gasteiger partial charge in [-0.2, -0.15) is 0 Å². The number of carbonyl (C=O) groups excluding carboxylic acids is 2. The van der Waals surface area contributed by atoms with Crippen molar-refractivity contribution in [2.24, 2.45) is 0 Å². The number of amides is 2. The van der Waals surface area contributed by atoms with E-state index >= 15 is 0 Å². The van der Waals surface area contributed by atoms with Gasteiger partial charge in [0.25, 0.3) is 5.91 Å². The molecule has 0 saturated heterocycles. The van der Waals surface area contributed by atoms with Gasteiger partial charge in [-0.3, -0.25) is 20.4 Å². The quantitative estimate of drug-likeness (QED) is 0.736. The molecule has 0 bridgehead atoms. The number of furan rings is 1. The van der Waals surface area contributed by atoms with Gasteiger partial charge in [-0.15, -0.1) is 0 Å². The number of rotatable bonds is 5. The van der Waals surface area contributed by atoms with E-state index in [1.165, 1.54) is 12.3 Å². The molecule has 22 heavy (non-hydrogen) atoms. The fourth-order valence-corrected chi connectivity index (χ4v) is 2.12. The summed E-state index contributed by atoms with van der Waals surface area (Å²) in [6, 6.07) is 10.4. The van der Waals surface area contributed by atoms with Gasteiger partial charge in [0.1, 0.15) is 0 Å². The predicted molar refractivity (Wildman–Crippen MR) is 82.2 cm³/mol. The van der Waals surface area contributed by atoms with Crippen molar-refractivity contribution in [1.82, 2.24) is 16.2 Å². The third-order valence-corrected chi connectivity index (χ3v) is 3.35. The third-order valence-electron chi connectivity index (χ3n) is 3.00. The molecule has 0 spiro atoms. The van der Waals surface area contributed by atoms with Crippen molar-refractivity contribution in [3.63, 3.8) is 0 Å². The second kappa shape index (κ2) is 7.63. The van der Waals surface area contributed by atoms with Gasteiger partial charge in [-0.25, -0.2) is 0 Å². The SMILES string of the molecule is C[C@@H](NCC(=O)NNC(=O)c1ccco1)c1ccccc1Cl. The van der Waals surface area contributed by atoms with E-state index in [4.69, 9.17) is 16.0 Å². The van der Waals surface area contributed by atoms with Crippen LogP contribution in [0.1, 0.15) is 29.1 Å². The van der Waals surface area contributed by atoms with Gasteiger partial charge < -0.3 is 9.73 Å². The van der Waals surface area contributed by atoms with Crippen LogP contribution in [0, 0.1) is 0 Å². The summed E-state index contributed by atoms with van der Waals surface area (Å²) in [5, 5.41) is 3.66. The molecule has 1 aromatic heterocycles. The molecule has 1 heterocycles. The van der Waals surface area contributed by atoms with E-state index in [2.05, 4.69) is 16.2 Å². The highest BCUT2D eigenvalue weighted by Crippen LogP contribution is 2.21. The molecule has 1 aromatic carbocycles. The fraction of sp³-hybridized carbons (Fsp3) is 0.200. The Hall–Kier alpha value is -2.31. The number of carbonyl (C=O) groups is 2. The second-order valence-electron chi connectivity index (χ2n) is 4.60. The van der Waals surface area contributed by atoms with Crippen LogP contribution in [0.2, 0.25) is 5.02 Å². The van der Waals surface area contributed by atoms with Gasteiger partial charge in [-0.1, -0.05) is 29.8 Å². The normalized spacial score (nSPS) is 11.7. The Morgan fingerprint density at radius 3 is 2.64 bits per heavy atom. The molecule has 0 aliphatic carbocycles. The lowest BCUT2D eigenvalue weighted by Gasteiger charge is -2.15. The first kappa shape index (κ1) is 16.1. The summed E-state index contributed by atoms with van der Waals surface area (Å²) < 4.78 is 4.90. The highest BCUT2D eigenvalue weighted by atomic mass is 35.5. The van der Waals surface area contributed by atoms with Crippen molar-refractivity contribution in [2.45, 2.75) is 13.0 Å². The molecule has 0 saturated carbocycles. The van der Waals surface area contributed by atoms with Gasteiger partial charge in [0.2, 0.25) is 0 Å². The maximum absolute atomic E-state index is 11.7. The highest BCUT2D eigenvalue weighted by Gasteiger charge is 2.12. The monoisotopic (exact) mass is 321 g/mol. The largest absolute Gasteiger partial charge is 0.459 e. The zero-order chi connectivity index (χ0) is 15.9. The molecule has 7 heteroatoms. The zero-order valence-corrected chi connectivity index (χ0v) is 12.7. The minimum atomic E-state index is -0.516. The molecule has 0 aliphatic heterocycles. The average molecular weight is 322 g/mol. The van der Waals surface area contributed by atoms with E-state index in [1.54, 1.807) is 12.1 Å². The molecule has 0 radical (unpaired) electrons. The lowest BCUT2D eigenvalue weighted by Crippen LogP contribution is -2.45. The Balaban J connectivity index is 1.76. The average Bonchev–Trinajstić information content (AvgIpc) is 3.05. The third kappa shape index (κ3) is 4.34. The van der Waals surface area contributed by atoms with Gasteiger partial charge in [0, 0.05) is 11.1 Å². The Labute approximate surface area is 132 Å². The second-order valence-corrected chi connectivity index (χ2v) is 5.01. The minimum absolute atomic E-state index is 0.0326. The molecule has 6 nitrogen and oxygen atoms in total. The van der Waals surface area contributed by atoms with Crippen LogP contribution in [0.25, 0.3) is 0 Å².